The number of hydrogen-bond acceptors (Lipinski definition) is 14. The second-order valence-electron chi connectivity index (χ2n) is 17.9. The molecule has 9 N–H and O–H groups in total. The monoisotopic (exact) mass is 908 g/mol. The Morgan fingerprint density at radius 1 is 0.688 bits per heavy atom. The number of aliphatic hydroxyl groups excluding tert-OH is 6. The van der Waals surface area contributed by atoms with Gasteiger partial charge in [0.15, 0.2) is 11.8 Å². The molecule has 2 heterocycles. The van der Waals surface area contributed by atoms with Crippen LogP contribution in [0.1, 0.15) is 180 Å². The second kappa shape index (κ2) is 34.4. The number of ether oxygens (including phenoxy) is 2. The summed E-state index contributed by atoms with van der Waals surface area (Å²) in [5.41, 5.74) is 2.35. The minimum atomic E-state index is -1.63. The Bertz CT molecular complexity index is 1480. The lowest BCUT2D eigenvalue weighted by Gasteiger charge is -2.40. The van der Waals surface area contributed by atoms with Crippen LogP contribution in [0, 0.1) is 0 Å². The zero-order valence-electron chi connectivity index (χ0n) is 38.9. The van der Waals surface area contributed by atoms with Crippen LogP contribution in [0.25, 0.3) is 11.0 Å². The predicted octanol–water partition coefficient (Wildman–Crippen LogP) is 6.33. The van der Waals surface area contributed by atoms with Crippen molar-refractivity contribution in [2.75, 3.05) is 31.6 Å². The third kappa shape index (κ3) is 22.5. The number of amides is 2. The molecule has 0 bridgehead atoms. The number of rotatable bonds is 39. The molecule has 1 aliphatic rings. The fraction of sp³-hybridized carbons (Fsp3) is 0.833. The summed E-state index contributed by atoms with van der Waals surface area (Å²) in [5, 5.41) is 79.4. The van der Waals surface area contributed by atoms with E-state index >= 15 is 0 Å². The fourth-order valence-electron chi connectivity index (χ4n) is 8.26. The van der Waals surface area contributed by atoms with Crippen LogP contribution in [0.15, 0.2) is 22.8 Å². The Morgan fingerprint density at radius 2 is 1.25 bits per heavy atom. The summed E-state index contributed by atoms with van der Waals surface area (Å²) in [7, 11) is 0. The molecule has 3 rings (SSSR count). The topological polar surface area (TPSA) is 249 Å². The van der Waals surface area contributed by atoms with Crippen LogP contribution in [0.4, 0.5) is 5.69 Å². The third-order valence-corrected chi connectivity index (χ3v) is 12.4. The van der Waals surface area contributed by atoms with Crippen molar-refractivity contribution in [1.82, 2.24) is 20.9 Å². The largest absolute Gasteiger partial charge is 0.394 e. The average molecular weight is 908 g/mol. The van der Waals surface area contributed by atoms with Gasteiger partial charge in [0.2, 0.25) is 11.8 Å². The van der Waals surface area contributed by atoms with E-state index in [9.17, 15) is 40.2 Å². The van der Waals surface area contributed by atoms with Gasteiger partial charge >= 0.3 is 0 Å². The minimum Gasteiger partial charge on any atom is -0.394 e. The molecule has 1 saturated heterocycles. The summed E-state index contributed by atoms with van der Waals surface area (Å²) in [5.74, 6) is -0.189. The van der Waals surface area contributed by atoms with Crippen molar-refractivity contribution >= 4 is 28.5 Å². The predicted molar refractivity (Wildman–Crippen MR) is 247 cm³/mol. The highest BCUT2D eigenvalue weighted by atomic mass is 16.7. The molecule has 2 amide bonds. The van der Waals surface area contributed by atoms with Crippen LogP contribution in [0.3, 0.4) is 0 Å². The molecular weight excluding hydrogens is 823 g/mol. The molecule has 1 aliphatic heterocycles. The van der Waals surface area contributed by atoms with Crippen molar-refractivity contribution in [3.63, 3.8) is 0 Å². The van der Waals surface area contributed by atoms with Crippen LogP contribution in [-0.4, -0.2) is 128 Å². The van der Waals surface area contributed by atoms with E-state index in [1.807, 2.05) is 18.2 Å². The van der Waals surface area contributed by atoms with Crippen molar-refractivity contribution in [2.45, 2.75) is 229 Å². The van der Waals surface area contributed by atoms with Crippen molar-refractivity contribution in [1.29, 1.82) is 0 Å². The molecule has 1 fully saturated rings. The normalized spacial score (nSPS) is 20.3. The first-order valence-electron chi connectivity index (χ1n) is 25.0. The number of nitrogens with zero attached hydrogens (tertiary/aromatic N) is 2. The van der Waals surface area contributed by atoms with Gasteiger partial charge in [-0.05, 0) is 54.6 Å². The molecule has 8 atom stereocenters. The standard InChI is InChI=1S/C48H85N5O11/c1-2-3-4-5-6-7-8-9-11-14-17-21-29-39(55)44(58)38(35-62-48-47(61)46(60)45(59)40(34-54)63-48)51-42(57)31-22-18-15-12-10-13-16-19-24-33-50-41(56)30-23-20-25-32-49-36-27-26-28-37-43(36)53-64-52-37/h26-28,38-40,44-49,54-55,58-61H,2-25,29-35H2,1H3,(H,50,56)(H,51,57)/t38-,39+,40+,44-,45-,46-,47+,48-/m0/s1. The van der Waals surface area contributed by atoms with E-state index in [0.29, 0.717) is 25.8 Å². The van der Waals surface area contributed by atoms with Crippen LogP contribution in [0.5, 0.6) is 0 Å². The summed E-state index contributed by atoms with van der Waals surface area (Å²) in [6.45, 7) is 2.78. The molecule has 368 valence electrons. The number of fused-ring (bicyclic) bond motifs is 1. The van der Waals surface area contributed by atoms with Gasteiger partial charge in [-0.15, -0.1) is 0 Å². The average Bonchev–Trinajstić information content (AvgIpc) is 3.79. The summed E-state index contributed by atoms with van der Waals surface area (Å²) >= 11 is 0. The number of carbonyl (C=O) groups excluding carboxylic acids is 2. The highest BCUT2D eigenvalue weighted by Gasteiger charge is 2.44. The molecule has 1 aromatic heterocycles. The smallest absolute Gasteiger partial charge is 0.220 e. The van der Waals surface area contributed by atoms with Gasteiger partial charge in [0.1, 0.15) is 36.0 Å². The van der Waals surface area contributed by atoms with Gasteiger partial charge in [-0.3, -0.25) is 9.59 Å². The Labute approximate surface area is 382 Å². The third-order valence-electron chi connectivity index (χ3n) is 12.4. The van der Waals surface area contributed by atoms with E-state index in [-0.39, 0.29) is 24.8 Å². The van der Waals surface area contributed by atoms with Gasteiger partial charge in [0.25, 0.3) is 0 Å². The zero-order chi connectivity index (χ0) is 46.2. The molecule has 0 aliphatic carbocycles. The molecule has 0 spiro atoms. The van der Waals surface area contributed by atoms with Crippen LogP contribution in [0.2, 0.25) is 0 Å². The maximum absolute atomic E-state index is 13.0. The summed E-state index contributed by atoms with van der Waals surface area (Å²) < 4.78 is 16.0. The van der Waals surface area contributed by atoms with Crippen molar-refractivity contribution in [3.8, 4) is 0 Å². The molecule has 16 heteroatoms. The summed E-state index contributed by atoms with van der Waals surface area (Å²) in [6, 6.07) is 4.70. The first-order chi connectivity index (χ1) is 31.2. The van der Waals surface area contributed by atoms with Gasteiger partial charge in [-0.1, -0.05) is 141 Å². The van der Waals surface area contributed by atoms with Crippen LogP contribution < -0.4 is 16.0 Å². The highest BCUT2D eigenvalue weighted by molar-refractivity contribution is 5.86. The van der Waals surface area contributed by atoms with Gasteiger partial charge in [0, 0.05) is 25.9 Å². The molecule has 1 aromatic carbocycles. The Morgan fingerprint density at radius 3 is 1.89 bits per heavy atom. The molecule has 2 aromatic rings. The number of aliphatic hydroxyl groups is 6. The number of unbranched alkanes of at least 4 members (excludes halogenated alkanes) is 21. The van der Waals surface area contributed by atoms with E-state index in [2.05, 4.69) is 33.2 Å². The Kier molecular flexibility index (Phi) is 29.7. The van der Waals surface area contributed by atoms with E-state index in [4.69, 9.17) is 14.1 Å². The van der Waals surface area contributed by atoms with E-state index < -0.39 is 55.6 Å². The van der Waals surface area contributed by atoms with Crippen LogP contribution in [-0.2, 0) is 19.1 Å². The number of benzene rings is 1. The van der Waals surface area contributed by atoms with Crippen molar-refractivity contribution in [3.05, 3.63) is 18.2 Å². The van der Waals surface area contributed by atoms with E-state index in [1.165, 1.54) is 51.4 Å². The minimum absolute atomic E-state index is 0.107. The molecule has 0 saturated carbocycles. The fourth-order valence-corrected chi connectivity index (χ4v) is 8.26. The van der Waals surface area contributed by atoms with Crippen molar-refractivity contribution in [2.24, 2.45) is 0 Å². The van der Waals surface area contributed by atoms with Gasteiger partial charge in [-0.2, -0.15) is 0 Å². The molecule has 64 heavy (non-hydrogen) atoms. The van der Waals surface area contributed by atoms with E-state index in [1.54, 1.807) is 0 Å². The van der Waals surface area contributed by atoms with Crippen molar-refractivity contribution < 1.29 is 54.3 Å². The quantitative estimate of drug-likeness (QED) is 0.0333. The zero-order valence-corrected chi connectivity index (χ0v) is 38.9. The van der Waals surface area contributed by atoms with Gasteiger partial charge < -0.3 is 56.1 Å². The Balaban J connectivity index is 1.23. The number of hydrogen-bond donors (Lipinski definition) is 9. The molecule has 16 nitrogen and oxygen atoms in total. The molecule has 0 unspecified atom stereocenters. The van der Waals surface area contributed by atoms with E-state index in [0.717, 1.165) is 120 Å². The Hall–Kier alpha value is -2.96. The molecule has 0 radical (unpaired) electrons. The lowest BCUT2D eigenvalue weighted by molar-refractivity contribution is -0.303. The number of aromatic nitrogens is 2. The lowest BCUT2D eigenvalue weighted by atomic mass is 9.98. The van der Waals surface area contributed by atoms with Crippen LogP contribution >= 0.6 is 0 Å². The first kappa shape index (κ1) is 55.4. The lowest BCUT2D eigenvalue weighted by Crippen LogP contribution is -2.60. The SMILES string of the molecule is CCCCCCCCCCCCCC[C@@H](O)[C@@H](O)[C@H](CO[C@H]1O[C@H](CO)[C@H](O)[C@H](O)[C@H]1O)NC(=O)CCCCCCCCCCCNC(=O)CCCCCNc1cccc2nonc12. The number of carbonyl (C=O) groups is 2. The summed E-state index contributed by atoms with van der Waals surface area (Å²) in [6.07, 6.45) is 17.2. The highest BCUT2D eigenvalue weighted by Crippen LogP contribution is 2.24. The number of anilines is 1. The summed E-state index contributed by atoms with van der Waals surface area (Å²) in [4.78, 5) is 25.3. The molecular formula is C48H85N5O11. The maximum atomic E-state index is 13.0. The first-order valence-corrected chi connectivity index (χ1v) is 25.0. The van der Waals surface area contributed by atoms with Gasteiger partial charge in [-0.25, -0.2) is 4.63 Å². The second-order valence-corrected chi connectivity index (χ2v) is 17.9. The number of nitrogens with one attached hydrogen (secondary N) is 3. The maximum Gasteiger partial charge on any atom is 0.220 e. The van der Waals surface area contributed by atoms with Gasteiger partial charge in [0.05, 0.1) is 31.0 Å².